The van der Waals surface area contributed by atoms with Gasteiger partial charge in [0.25, 0.3) is 0 Å². The van der Waals surface area contributed by atoms with Gasteiger partial charge in [-0.15, -0.1) is 0 Å². The lowest BCUT2D eigenvalue weighted by Crippen LogP contribution is -2.42. The summed E-state index contributed by atoms with van der Waals surface area (Å²) in [5.41, 5.74) is 9.24. The fourth-order valence-electron chi connectivity index (χ4n) is 3.21. The Bertz CT molecular complexity index is 394. The molecule has 100 valence electrons. The van der Waals surface area contributed by atoms with Gasteiger partial charge in [0.05, 0.1) is 11.7 Å². The second kappa shape index (κ2) is 5.37. The fraction of sp³-hybridized carbons (Fsp3) is 0.667. The van der Waals surface area contributed by atoms with Crippen LogP contribution in [0.15, 0.2) is 18.3 Å². The summed E-state index contributed by atoms with van der Waals surface area (Å²) in [6.45, 7) is 6.34. The minimum atomic E-state index is 0.150. The van der Waals surface area contributed by atoms with Crippen molar-refractivity contribution >= 4 is 0 Å². The van der Waals surface area contributed by atoms with Crippen molar-refractivity contribution < 1.29 is 0 Å². The van der Waals surface area contributed by atoms with Crippen LogP contribution in [-0.4, -0.2) is 30.0 Å². The van der Waals surface area contributed by atoms with Gasteiger partial charge < -0.3 is 10.6 Å². The molecule has 1 unspecified atom stereocenters. The molecule has 1 aromatic heterocycles. The van der Waals surface area contributed by atoms with Crippen LogP contribution in [0.25, 0.3) is 0 Å². The van der Waals surface area contributed by atoms with Crippen LogP contribution < -0.4 is 5.73 Å². The van der Waals surface area contributed by atoms with Crippen molar-refractivity contribution in [3.63, 3.8) is 0 Å². The molecule has 0 saturated carbocycles. The quantitative estimate of drug-likeness (QED) is 0.765. The minimum absolute atomic E-state index is 0.150. The van der Waals surface area contributed by atoms with Gasteiger partial charge in [-0.1, -0.05) is 19.9 Å². The summed E-state index contributed by atoms with van der Waals surface area (Å²) >= 11 is 0. The first-order valence-corrected chi connectivity index (χ1v) is 7.09. The number of hydrogen-bond acceptors (Lipinski definition) is 3. The molecule has 0 bridgehead atoms. The molecule has 1 aromatic rings. The first kappa shape index (κ1) is 13.5. The fourth-order valence-corrected chi connectivity index (χ4v) is 3.21. The van der Waals surface area contributed by atoms with Crippen LogP contribution in [0.3, 0.4) is 0 Å². The van der Waals surface area contributed by atoms with Crippen LogP contribution in [0, 0.1) is 5.41 Å². The Morgan fingerprint density at radius 1 is 1.33 bits per heavy atom. The molecule has 3 nitrogen and oxygen atoms in total. The van der Waals surface area contributed by atoms with E-state index < -0.39 is 0 Å². The van der Waals surface area contributed by atoms with Crippen molar-refractivity contribution in [2.24, 2.45) is 11.1 Å². The first-order chi connectivity index (χ1) is 8.71. The van der Waals surface area contributed by atoms with E-state index in [1.165, 1.54) is 31.5 Å². The van der Waals surface area contributed by atoms with E-state index in [2.05, 4.69) is 23.0 Å². The molecule has 1 aliphatic carbocycles. The number of fused-ring (bicyclic) bond motifs is 1. The summed E-state index contributed by atoms with van der Waals surface area (Å²) < 4.78 is 0. The molecule has 18 heavy (non-hydrogen) atoms. The Balaban J connectivity index is 0.000000574. The second-order valence-corrected chi connectivity index (χ2v) is 5.37. The zero-order chi connectivity index (χ0) is 13.2. The highest BCUT2D eigenvalue weighted by Gasteiger charge is 2.46. The molecule has 0 radical (unpaired) electrons. The number of piperidine rings is 1. The van der Waals surface area contributed by atoms with Gasteiger partial charge in [0.2, 0.25) is 0 Å². The number of nitrogens with two attached hydrogens (primary N) is 1. The summed E-state index contributed by atoms with van der Waals surface area (Å²) in [5, 5.41) is 0. The molecule has 0 amide bonds. The Morgan fingerprint density at radius 2 is 2.00 bits per heavy atom. The molecule has 3 heteroatoms. The Kier molecular flexibility index (Phi) is 4.03. The van der Waals surface area contributed by atoms with Crippen LogP contribution in [0.4, 0.5) is 0 Å². The predicted molar refractivity (Wildman–Crippen MR) is 75.4 cm³/mol. The van der Waals surface area contributed by atoms with E-state index >= 15 is 0 Å². The highest BCUT2D eigenvalue weighted by molar-refractivity contribution is 5.32. The molecular formula is C15H25N3. The summed E-state index contributed by atoms with van der Waals surface area (Å²) in [5.74, 6) is 0. The van der Waals surface area contributed by atoms with Crippen LogP contribution in [0.2, 0.25) is 0 Å². The lowest BCUT2D eigenvalue weighted by molar-refractivity contribution is 0.105. The molecule has 1 atom stereocenters. The molecule has 1 fully saturated rings. The van der Waals surface area contributed by atoms with Crippen molar-refractivity contribution in [1.29, 1.82) is 0 Å². The zero-order valence-electron chi connectivity index (χ0n) is 11.8. The van der Waals surface area contributed by atoms with E-state index in [-0.39, 0.29) is 6.04 Å². The summed E-state index contributed by atoms with van der Waals surface area (Å²) in [6, 6.07) is 4.37. The Hall–Kier alpha value is -0.930. The molecular weight excluding hydrogens is 222 g/mol. The largest absolute Gasteiger partial charge is 0.322 e. The lowest BCUT2D eigenvalue weighted by atomic mass is 9.73. The molecule has 1 saturated heterocycles. The molecule has 0 aromatic carbocycles. The number of likely N-dealkylation sites (tertiary alicyclic amines) is 1. The smallest absolute Gasteiger partial charge is 0.0608 e. The summed E-state index contributed by atoms with van der Waals surface area (Å²) in [6.07, 6.45) is 5.42. The van der Waals surface area contributed by atoms with E-state index in [0.29, 0.717) is 5.41 Å². The maximum atomic E-state index is 6.42. The maximum Gasteiger partial charge on any atom is 0.0608 e. The van der Waals surface area contributed by atoms with Gasteiger partial charge >= 0.3 is 0 Å². The van der Waals surface area contributed by atoms with Gasteiger partial charge in [0, 0.05) is 6.20 Å². The molecule has 1 spiro atoms. The summed E-state index contributed by atoms with van der Waals surface area (Å²) in [4.78, 5) is 6.87. The Labute approximate surface area is 110 Å². The second-order valence-electron chi connectivity index (χ2n) is 5.37. The van der Waals surface area contributed by atoms with E-state index in [9.17, 15) is 0 Å². The van der Waals surface area contributed by atoms with Crippen LogP contribution in [-0.2, 0) is 6.42 Å². The molecule has 3 rings (SSSR count). The predicted octanol–water partition coefficient (Wildman–Crippen LogP) is 2.38. The normalized spacial score (nSPS) is 25.4. The zero-order valence-corrected chi connectivity index (χ0v) is 11.8. The number of nitrogens with zero attached hydrogens (tertiary/aromatic N) is 2. The van der Waals surface area contributed by atoms with Gasteiger partial charge in [-0.05, 0) is 56.4 Å². The molecule has 1 aliphatic heterocycles. The van der Waals surface area contributed by atoms with Crippen molar-refractivity contribution in [2.75, 3.05) is 20.1 Å². The third-order valence-corrected chi connectivity index (χ3v) is 4.41. The van der Waals surface area contributed by atoms with Gasteiger partial charge in [-0.3, -0.25) is 4.98 Å². The lowest BCUT2D eigenvalue weighted by Gasteiger charge is -2.40. The number of aromatic nitrogens is 1. The van der Waals surface area contributed by atoms with Gasteiger partial charge in [-0.2, -0.15) is 0 Å². The van der Waals surface area contributed by atoms with Crippen molar-refractivity contribution in [3.05, 3.63) is 29.6 Å². The van der Waals surface area contributed by atoms with Crippen molar-refractivity contribution in [3.8, 4) is 0 Å². The highest BCUT2D eigenvalue weighted by Crippen LogP contribution is 2.49. The number of pyridine rings is 1. The highest BCUT2D eigenvalue weighted by atomic mass is 15.1. The molecule has 2 heterocycles. The third kappa shape index (κ3) is 2.17. The molecule has 2 N–H and O–H groups in total. The van der Waals surface area contributed by atoms with Gasteiger partial charge in [-0.25, -0.2) is 0 Å². The van der Waals surface area contributed by atoms with E-state index in [0.717, 1.165) is 12.1 Å². The van der Waals surface area contributed by atoms with Gasteiger partial charge in [0.1, 0.15) is 0 Å². The number of rotatable bonds is 0. The standard InChI is InChI=1S/C13H19N3.C2H6/c1-16-7-4-13(5-8-16)9-10-3-2-6-15-11(10)12(13)14;1-2/h2-3,6,12H,4-5,7-9,14H2,1H3;1-2H3. The van der Waals surface area contributed by atoms with Crippen molar-refractivity contribution in [1.82, 2.24) is 9.88 Å². The van der Waals surface area contributed by atoms with E-state index in [1.807, 2.05) is 26.1 Å². The topological polar surface area (TPSA) is 42.2 Å². The maximum absolute atomic E-state index is 6.42. The van der Waals surface area contributed by atoms with Crippen LogP contribution in [0.5, 0.6) is 0 Å². The minimum Gasteiger partial charge on any atom is -0.322 e. The van der Waals surface area contributed by atoms with Crippen molar-refractivity contribution in [2.45, 2.75) is 39.2 Å². The van der Waals surface area contributed by atoms with Gasteiger partial charge in [0.15, 0.2) is 0 Å². The number of hydrogen-bond donors (Lipinski definition) is 1. The monoisotopic (exact) mass is 247 g/mol. The van der Waals surface area contributed by atoms with Crippen LogP contribution >= 0.6 is 0 Å². The van der Waals surface area contributed by atoms with Crippen LogP contribution in [0.1, 0.15) is 44.0 Å². The first-order valence-electron chi connectivity index (χ1n) is 7.09. The van der Waals surface area contributed by atoms with E-state index in [1.54, 1.807) is 0 Å². The molecule has 2 aliphatic rings. The average molecular weight is 247 g/mol. The third-order valence-electron chi connectivity index (χ3n) is 4.41. The summed E-state index contributed by atoms with van der Waals surface area (Å²) in [7, 11) is 2.19. The van der Waals surface area contributed by atoms with E-state index in [4.69, 9.17) is 5.73 Å². The average Bonchev–Trinajstić information content (AvgIpc) is 2.70. The Morgan fingerprint density at radius 3 is 2.61 bits per heavy atom. The SMILES string of the molecule is CC.CN1CCC2(CC1)Cc1cccnc1C2N.